The average Bonchev–Trinajstić information content (AvgIpc) is 2.84. The smallest absolute Gasteiger partial charge is 0.264 e. The minimum absolute atomic E-state index is 0.0135. The van der Waals surface area contributed by atoms with Crippen molar-refractivity contribution >= 4 is 23.2 Å². The molecule has 2 aliphatic rings. The van der Waals surface area contributed by atoms with Crippen molar-refractivity contribution in [2.75, 3.05) is 32.7 Å². The lowest BCUT2D eigenvalue weighted by Gasteiger charge is -2.38. The number of carbonyl (C=O) groups excluding carboxylic acids is 2. The lowest BCUT2D eigenvalue weighted by Crippen LogP contribution is -2.55. The predicted octanol–water partition coefficient (Wildman–Crippen LogP) is 2.05. The largest absolute Gasteiger partial charge is 0.355 e. The Morgan fingerprint density at radius 1 is 1.29 bits per heavy atom. The van der Waals surface area contributed by atoms with Crippen LogP contribution < -0.4 is 5.32 Å². The van der Waals surface area contributed by atoms with Gasteiger partial charge in [-0.15, -0.1) is 11.3 Å². The first-order chi connectivity index (χ1) is 11.6. The fraction of sp³-hybridized carbons (Fsp3) is 0.667. The number of hydrogen-bond donors (Lipinski definition) is 1. The van der Waals surface area contributed by atoms with Crippen molar-refractivity contribution < 1.29 is 9.59 Å². The molecule has 1 aromatic heterocycles. The number of amides is 2. The molecule has 0 radical (unpaired) electrons. The summed E-state index contributed by atoms with van der Waals surface area (Å²) in [7, 11) is 0. The summed E-state index contributed by atoms with van der Waals surface area (Å²) in [6, 6.07) is 2.04. The summed E-state index contributed by atoms with van der Waals surface area (Å²) in [5.41, 5.74) is 1.28. The van der Waals surface area contributed by atoms with E-state index in [2.05, 4.69) is 24.1 Å². The number of thiophene rings is 1. The summed E-state index contributed by atoms with van der Waals surface area (Å²) in [6.07, 6.45) is 4.07. The van der Waals surface area contributed by atoms with E-state index in [1.807, 2.05) is 11.0 Å². The monoisotopic (exact) mass is 349 g/mol. The molecule has 0 spiro atoms. The molecule has 2 amide bonds. The first-order valence-corrected chi connectivity index (χ1v) is 9.82. The number of carbonyl (C=O) groups is 2. The van der Waals surface area contributed by atoms with Gasteiger partial charge in [-0.05, 0) is 44.2 Å². The first kappa shape index (κ1) is 17.4. The van der Waals surface area contributed by atoms with Crippen LogP contribution in [0.4, 0.5) is 0 Å². The van der Waals surface area contributed by atoms with Gasteiger partial charge in [-0.25, -0.2) is 0 Å². The molecular formula is C18H27N3O2S. The van der Waals surface area contributed by atoms with Gasteiger partial charge in [0.1, 0.15) is 0 Å². The van der Waals surface area contributed by atoms with Crippen molar-refractivity contribution in [3.8, 4) is 0 Å². The molecule has 1 atom stereocenters. The summed E-state index contributed by atoms with van der Waals surface area (Å²) in [5.74, 6) is 0.307. The minimum Gasteiger partial charge on any atom is -0.355 e. The van der Waals surface area contributed by atoms with Crippen LogP contribution in [0.15, 0.2) is 6.07 Å². The average molecular weight is 350 g/mol. The maximum atomic E-state index is 12.7. The topological polar surface area (TPSA) is 52.7 Å². The zero-order valence-electron chi connectivity index (χ0n) is 14.6. The zero-order valence-corrected chi connectivity index (χ0v) is 15.5. The highest BCUT2D eigenvalue weighted by Gasteiger charge is 2.31. The number of nitrogens with zero attached hydrogens (tertiary/aromatic N) is 2. The van der Waals surface area contributed by atoms with Crippen molar-refractivity contribution in [1.82, 2.24) is 15.1 Å². The Labute approximate surface area is 148 Å². The zero-order chi connectivity index (χ0) is 17.1. The Morgan fingerprint density at radius 3 is 2.71 bits per heavy atom. The van der Waals surface area contributed by atoms with Crippen LogP contribution in [-0.2, 0) is 11.2 Å². The molecule has 132 valence electrons. The summed E-state index contributed by atoms with van der Waals surface area (Å²) < 4.78 is 0. The second-order valence-electron chi connectivity index (χ2n) is 6.68. The standard InChI is InChI=1S/C18H27N3O2S/c1-3-14-12-16(24-13(14)2)18(23)21-10-8-20(9-11-21)15-6-4-5-7-19-17(15)22/h12,15H,3-11H2,1-2H3,(H,19,22). The van der Waals surface area contributed by atoms with Crippen molar-refractivity contribution in [2.24, 2.45) is 0 Å². The van der Waals surface area contributed by atoms with Gasteiger partial charge >= 0.3 is 0 Å². The second kappa shape index (κ2) is 7.66. The van der Waals surface area contributed by atoms with Crippen LogP contribution in [-0.4, -0.2) is 60.4 Å². The van der Waals surface area contributed by atoms with Gasteiger partial charge in [-0.1, -0.05) is 6.92 Å². The Morgan fingerprint density at radius 2 is 2.04 bits per heavy atom. The maximum Gasteiger partial charge on any atom is 0.264 e. The van der Waals surface area contributed by atoms with Crippen LogP contribution >= 0.6 is 11.3 Å². The Bertz CT molecular complexity index is 605. The molecular weight excluding hydrogens is 322 g/mol. The fourth-order valence-electron chi connectivity index (χ4n) is 3.64. The van der Waals surface area contributed by atoms with E-state index in [1.54, 1.807) is 11.3 Å². The molecule has 5 nitrogen and oxygen atoms in total. The second-order valence-corrected chi connectivity index (χ2v) is 7.93. The predicted molar refractivity (Wildman–Crippen MR) is 96.6 cm³/mol. The Hall–Kier alpha value is -1.40. The van der Waals surface area contributed by atoms with E-state index >= 15 is 0 Å². The summed E-state index contributed by atoms with van der Waals surface area (Å²) in [6.45, 7) is 8.00. The molecule has 0 bridgehead atoms. The molecule has 3 heterocycles. The van der Waals surface area contributed by atoms with Gasteiger partial charge < -0.3 is 10.2 Å². The first-order valence-electron chi connectivity index (χ1n) is 9.00. The SMILES string of the molecule is CCc1cc(C(=O)N2CCN(C3CCCCNC3=O)CC2)sc1C. The third kappa shape index (κ3) is 3.64. The molecule has 1 aromatic rings. The molecule has 3 rings (SSSR count). The third-order valence-corrected chi connectivity index (χ3v) is 6.24. The van der Waals surface area contributed by atoms with E-state index in [0.29, 0.717) is 13.1 Å². The van der Waals surface area contributed by atoms with Crippen LogP contribution in [0.1, 0.15) is 46.3 Å². The molecule has 24 heavy (non-hydrogen) atoms. The van der Waals surface area contributed by atoms with Gasteiger partial charge in [-0.2, -0.15) is 0 Å². The van der Waals surface area contributed by atoms with Crippen molar-refractivity contribution in [3.63, 3.8) is 0 Å². The maximum absolute atomic E-state index is 12.7. The lowest BCUT2D eigenvalue weighted by molar-refractivity contribution is -0.126. The van der Waals surface area contributed by atoms with E-state index in [-0.39, 0.29) is 17.9 Å². The van der Waals surface area contributed by atoms with Crippen LogP contribution in [0.3, 0.4) is 0 Å². The number of hydrogen-bond acceptors (Lipinski definition) is 4. The van der Waals surface area contributed by atoms with E-state index in [1.165, 1.54) is 10.4 Å². The van der Waals surface area contributed by atoms with Gasteiger partial charge in [0.2, 0.25) is 5.91 Å². The van der Waals surface area contributed by atoms with Gasteiger partial charge in [0.05, 0.1) is 10.9 Å². The van der Waals surface area contributed by atoms with Crippen molar-refractivity contribution in [3.05, 3.63) is 21.4 Å². The highest BCUT2D eigenvalue weighted by Crippen LogP contribution is 2.24. The fourth-order valence-corrected chi connectivity index (χ4v) is 4.72. The quantitative estimate of drug-likeness (QED) is 0.909. The van der Waals surface area contributed by atoms with E-state index in [0.717, 1.165) is 50.2 Å². The molecule has 1 unspecified atom stereocenters. The lowest BCUT2D eigenvalue weighted by atomic mass is 10.1. The number of piperazine rings is 1. The van der Waals surface area contributed by atoms with E-state index in [9.17, 15) is 9.59 Å². The van der Waals surface area contributed by atoms with Crippen LogP contribution in [0.25, 0.3) is 0 Å². The minimum atomic E-state index is -0.0135. The Balaban J connectivity index is 1.59. The normalized spacial score (nSPS) is 23.0. The van der Waals surface area contributed by atoms with Gasteiger partial charge in [0.25, 0.3) is 5.91 Å². The van der Waals surface area contributed by atoms with Crippen molar-refractivity contribution in [1.29, 1.82) is 0 Å². The van der Waals surface area contributed by atoms with E-state index < -0.39 is 0 Å². The summed E-state index contributed by atoms with van der Waals surface area (Å²) >= 11 is 1.60. The molecule has 1 N–H and O–H groups in total. The number of nitrogens with one attached hydrogen (secondary N) is 1. The highest BCUT2D eigenvalue weighted by atomic mass is 32.1. The third-order valence-electron chi connectivity index (χ3n) is 5.16. The van der Waals surface area contributed by atoms with Crippen LogP contribution in [0.5, 0.6) is 0 Å². The molecule has 2 fully saturated rings. The molecule has 2 aliphatic heterocycles. The summed E-state index contributed by atoms with van der Waals surface area (Å²) in [4.78, 5) is 31.2. The van der Waals surface area contributed by atoms with Gasteiger partial charge in [0, 0.05) is 37.6 Å². The molecule has 0 aromatic carbocycles. The molecule has 2 saturated heterocycles. The Kier molecular flexibility index (Phi) is 5.56. The van der Waals surface area contributed by atoms with Crippen LogP contribution in [0, 0.1) is 6.92 Å². The van der Waals surface area contributed by atoms with Crippen LogP contribution in [0.2, 0.25) is 0 Å². The summed E-state index contributed by atoms with van der Waals surface area (Å²) in [5, 5.41) is 3.01. The number of aryl methyl sites for hydroxylation is 2. The van der Waals surface area contributed by atoms with E-state index in [4.69, 9.17) is 0 Å². The van der Waals surface area contributed by atoms with Gasteiger partial charge in [0.15, 0.2) is 0 Å². The molecule has 0 saturated carbocycles. The number of rotatable bonds is 3. The highest BCUT2D eigenvalue weighted by molar-refractivity contribution is 7.14. The van der Waals surface area contributed by atoms with Gasteiger partial charge in [-0.3, -0.25) is 14.5 Å². The molecule has 6 heteroatoms. The van der Waals surface area contributed by atoms with Crippen molar-refractivity contribution in [2.45, 2.75) is 45.6 Å². The molecule has 0 aliphatic carbocycles.